The molecule has 1 unspecified atom stereocenters. The van der Waals surface area contributed by atoms with Gasteiger partial charge in [-0.25, -0.2) is 0 Å². The van der Waals surface area contributed by atoms with Gasteiger partial charge in [0.15, 0.2) is 0 Å². The van der Waals surface area contributed by atoms with Crippen LogP contribution in [0.4, 0.5) is 0 Å². The Labute approximate surface area is 120 Å². The van der Waals surface area contributed by atoms with E-state index in [0.29, 0.717) is 0 Å². The second-order valence-corrected chi connectivity index (χ2v) is 4.97. The normalized spacial score (nSPS) is 11.9. The maximum atomic E-state index is 10.1. The quantitative estimate of drug-likeness (QED) is 0.914. The Balaban J connectivity index is 1.96. The summed E-state index contributed by atoms with van der Waals surface area (Å²) in [6.07, 6.45) is -0.682. The minimum absolute atomic E-state index is 0.203. The van der Waals surface area contributed by atoms with E-state index < -0.39 is 6.10 Å². The summed E-state index contributed by atoms with van der Waals surface area (Å²) in [5.74, 6) is 1.45. The Morgan fingerprint density at radius 2 is 1.84 bits per heavy atom. The number of ether oxygens (including phenoxy) is 2. The van der Waals surface area contributed by atoms with Crippen molar-refractivity contribution >= 4 is 15.9 Å². The molecule has 1 N–H and O–H groups in total. The number of halogens is 1. The van der Waals surface area contributed by atoms with Gasteiger partial charge in [-0.2, -0.15) is 0 Å². The van der Waals surface area contributed by atoms with Crippen LogP contribution in [0.25, 0.3) is 0 Å². The summed E-state index contributed by atoms with van der Waals surface area (Å²) in [6.45, 7) is 0.203. The van der Waals surface area contributed by atoms with E-state index >= 15 is 0 Å². The van der Waals surface area contributed by atoms with Gasteiger partial charge in [0.05, 0.1) is 7.11 Å². The second kappa shape index (κ2) is 6.59. The van der Waals surface area contributed by atoms with Gasteiger partial charge in [-0.3, -0.25) is 0 Å². The third-order valence-electron chi connectivity index (χ3n) is 2.70. The number of benzene rings is 2. The van der Waals surface area contributed by atoms with Crippen molar-refractivity contribution in [3.63, 3.8) is 0 Å². The Kier molecular flexibility index (Phi) is 4.82. The number of hydrogen-bond donors (Lipinski definition) is 1. The fraction of sp³-hybridized carbons (Fsp3) is 0.200. The molecule has 0 aliphatic carbocycles. The van der Waals surface area contributed by atoms with Crippen molar-refractivity contribution in [3.05, 3.63) is 58.6 Å². The van der Waals surface area contributed by atoms with Crippen molar-refractivity contribution in [2.75, 3.05) is 13.7 Å². The summed E-state index contributed by atoms with van der Waals surface area (Å²) in [7, 11) is 1.60. The van der Waals surface area contributed by atoms with Crippen LogP contribution in [0.1, 0.15) is 11.7 Å². The van der Waals surface area contributed by atoms with Crippen LogP contribution in [0.5, 0.6) is 11.5 Å². The molecule has 0 spiro atoms. The third kappa shape index (κ3) is 3.98. The Hall–Kier alpha value is -1.52. The first-order valence-corrected chi connectivity index (χ1v) is 6.69. The molecule has 2 aromatic rings. The number of hydrogen-bond acceptors (Lipinski definition) is 3. The molecule has 1 atom stereocenters. The first-order chi connectivity index (χ1) is 9.19. The molecule has 2 aromatic carbocycles. The van der Waals surface area contributed by atoms with Gasteiger partial charge in [0, 0.05) is 4.47 Å². The highest BCUT2D eigenvalue weighted by molar-refractivity contribution is 9.10. The van der Waals surface area contributed by atoms with Gasteiger partial charge in [-0.15, -0.1) is 0 Å². The number of aliphatic hydroxyl groups is 1. The van der Waals surface area contributed by atoms with E-state index in [1.54, 1.807) is 13.2 Å². The van der Waals surface area contributed by atoms with E-state index in [2.05, 4.69) is 15.9 Å². The number of aliphatic hydroxyl groups excluding tert-OH is 1. The molecule has 0 aliphatic heterocycles. The average molecular weight is 323 g/mol. The first kappa shape index (κ1) is 13.9. The molecule has 3 nitrogen and oxygen atoms in total. The molecule has 0 fully saturated rings. The topological polar surface area (TPSA) is 38.7 Å². The van der Waals surface area contributed by atoms with Crippen LogP contribution in [0.2, 0.25) is 0 Å². The molecule has 19 heavy (non-hydrogen) atoms. The Morgan fingerprint density at radius 3 is 2.53 bits per heavy atom. The van der Waals surface area contributed by atoms with Crippen molar-refractivity contribution < 1.29 is 14.6 Å². The van der Waals surface area contributed by atoms with Crippen LogP contribution in [-0.2, 0) is 0 Å². The molecular formula is C15H15BrO3. The lowest BCUT2D eigenvalue weighted by molar-refractivity contribution is 0.108. The summed E-state index contributed by atoms with van der Waals surface area (Å²) in [5, 5.41) is 10.1. The molecule has 0 aromatic heterocycles. The molecule has 0 aliphatic rings. The summed E-state index contributed by atoms with van der Waals surface area (Å²) in [4.78, 5) is 0. The van der Waals surface area contributed by atoms with Crippen molar-refractivity contribution in [3.8, 4) is 11.5 Å². The minimum Gasteiger partial charge on any atom is -0.497 e. The zero-order chi connectivity index (χ0) is 13.7. The van der Waals surface area contributed by atoms with Gasteiger partial charge in [-0.05, 0) is 42.0 Å². The van der Waals surface area contributed by atoms with Gasteiger partial charge in [0.25, 0.3) is 0 Å². The molecule has 100 valence electrons. The van der Waals surface area contributed by atoms with E-state index in [0.717, 1.165) is 21.5 Å². The largest absolute Gasteiger partial charge is 0.497 e. The highest BCUT2D eigenvalue weighted by Crippen LogP contribution is 2.21. The van der Waals surface area contributed by atoms with Crippen LogP contribution >= 0.6 is 15.9 Å². The molecule has 0 saturated heterocycles. The highest BCUT2D eigenvalue weighted by Gasteiger charge is 2.09. The fourth-order valence-electron chi connectivity index (χ4n) is 1.65. The van der Waals surface area contributed by atoms with E-state index in [9.17, 15) is 5.11 Å². The Morgan fingerprint density at radius 1 is 1.11 bits per heavy atom. The average Bonchev–Trinajstić information content (AvgIpc) is 2.46. The lowest BCUT2D eigenvalue weighted by atomic mass is 10.1. The van der Waals surface area contributed by atoms with E-state index in [1.807, 2.05) is 42.5 Å². The third-order valence-corrected chi connectivity index (χ3v) is 3.23. The number of rotatable bonds is 5. The zero-order valence-corrected chi connectivity index (χ0v) is 12.1. The van der Waals surface area contributed by atoms with Crippen molar-refractivity contribution in [2.24, 2.45) is 0 Å². The molecule has 2 rings (SSSR count). The lowest BCUT2D eigenvalue weighted by Crippen LogP contribution is -2.09. The summed E-state index contributed by atoms with van der Waals surface area (Å²) in [6, 6.07) is 14.8. The van der Waals surface area contributed by atoms with Gasteiger partial charge in [0.2, 0.25) is 0 Å². The van der Waals surface area contributed by atoms with Crippen molar-refractivity contribution in [1.82, 2.24) is 0 Å². The summed E-state index contributed by atoms with van der Waals surface area (Å²) < 4.78 is 11.7. The van der Waals surface area contributed by atoms with E-state index in [4.69, 9.17) is 9.47 Å². The van der Waals surface area contributed by atoms with Crippen LogP contribution in [0, 0.1) is 0 Å². The maximum absolute atomic E-state index is 10.1. The van der Waals surface area contributed by atoms with E-state index in [1.165, 1.54) is 0 Å². The highest BCUT2D eigenvalue weighted by atomic mass is 79.9. The zero-order valence-electron chi connectivity index (χ0n) is 10.5. The summed E-state index contributed by atoms with van der Waals surface area (Å²) >= 11 is 3.36. The van der Waals surface area contributed by atoms with Gasteiger partial charge in [0.1, 0.15) is 24.2 Å². The first-order valence-electron chi connectivity index (χ1n) is 5.89. The molecule has 0 heterocycles. The SMILES string of the molecule is COc1cccc(C(O)COc2ccc(Br)cc2)c1. The van der Waals surface area contributed by atoms with Gasteiger partial charge < -0.3 is 14.6 Å². The molecular weight excluding hydrogens is 308 g/mol. The maximum Gasteiger partial charge on any atom is 0.119 e. The number of methoxy groups -OCH3 is 1. The van der Waals surface area contributed by atoms with Gasteiger partial charge >= 0.3 is 0 Å². The van der Waals surface area contributed by atoms with Gasteiger partial charge in [-0.1, -0.05) is 28.1 Å². The second-order valence-electron chi connectivity index (χ2n) is 4.06. The molecule has 4 heteroatoms. The molecule has 0 radical (unpaired) electrons. The monoisotopic (exact) mass is 322 g/mol. The van der Waals surface area contributed by atoms with Crippen LogP contribution in [-0.4, -0.2) is 18.8 Å². The predicted molar refractivity (Wildman–Crippen MR) is 77.6 cm³/mol. The molecule has 0 saturated carbocycles. The molecule has 0 bridgehead atoms. The molecule has 0 amide bonds. The predicted octanol–water partition coefficient (Wildman–Crippen LogP) is 3.57. The fourth-order valence-corrected chi connectivity index (χ4v) is 1.92. The van der Waals surface area contributed by atoms with Crippen molar-refractivity contribution in [2.45, 2.75) is 6.10 Å². The minimum atomic E-state index is -0.682. The smallest absolute Gasteiger partial charge is 0.119 e. The van der Waals surface area contributed by atoms with E-state index in [-0.39, 0.29) is 6.61 Å². The Bertz CT molecular complexity index is 525. The standard InChI is InChI=1S/C15H15BrO3/c1-18-14-4-2-3-11(9-14)15(17)10-19-13-7-5-12(16)6-8-13/h2-9,15,17H,10H2,1H3. The van der Waals surface area contributed by atoms with Crippen LogP contribution < -0.4 is 9.47 Å². The van der Waals surface area contributed by atoms with Crippen LogP contribution in [0.15, 0.2) is 53.0 Å². The van der Waals surface area contributed by atoms with Crippen molar-refractivity contribution in [1.29, 1.82) is 0 Å². The summed E-state index contributed by atoms with van der Waals surface area (Å²) in [5.41, 5.74) is 0.775. The lowest BCUT2D eigenvalue weighted by Gasteiger charge is -2.13. The van der Waals surface area contributed by atoms with Crippen LogP contribution in [0.3, 0.4) is 0 Å².